The maximum atomic E-state index is 11.5. The average Bonchev–Trinajstić information content (AvgIpc) is 2.98. The molecule has 0 spiro atoms. The van der Waals surface area contributed by atoms with Crippen molar-refractivity contribution in [1.82, 2.24) is 24.5 Å². The molecule has 22 heavy (non-hydrogen) atoms. The van der Waals surface area contributed by atoms with Crippen LogP contribution < -0.4 is 0 Å². The maximum absolute atomic E-state index is 11.5. The van der Waals surface area contributed by atoms with E-state index in [1.807, 2.05) is 12.1 Å². The van der Waals surface area contributed by atoms with Crippen LogP contribution in [0.1, 0.15) is 12.1 Å². The Hall–Kier alpha value is -1.93. The maximum Gasteiger partial charge on any atom is 0.211 e. The van der Waals surface area contributed by atoms with Crippen molar-refractivity contribution in [2.45, 2.75) is 12.8 Å². The van der Waals surface area contributed by atoms with Crippen LogP contribution in [0.15, 0.2) is 30.9 Å². The number of nitrogens with zero attached hydrogens (tertiary/aromatic N) is 5. The van der Waals surface area contributed by atoms with Crippen LogP contribution in [0.25, 0.3) is 11.3 Å². The van der Waals surface area contributed by atoms with Crippen LogP contribution in [0.3, 0.4) is 0 Å². The van der Waals surface area contributed by atoms with Crippen molar-refractivity contribution < 1.29 is 8.42 Å². The van der Waals surface area contributed by atoms with Gasteiger partial charge in [0.1, 0.15) is 6.33 Å². The molecule has 0 aromatic carbocycles. The van der Waals surface area contributed by atoms with Crippen LogP contribution in [0.4, 0.5) is 0 Å². The first-order valence-electron chi connectivity index (χ1n) is 7.05. The monoisotopic (exact) mass is 319 g/mol. The fourth-order valence-electron chi connectivity index (χ4n) is 2.61. The summed E-state index contributed by atoms with van der Waals surface area (Å²) >= 11 is 0. The fraction of sp³-hybridized carbons (Fsp3) is 0.429. The summed E-state index contributed by atoms with van der Waals surface area (Å²) in [6.45, 7) is 1.16. The van der Waals surface area contributed by atoms with E-state index in [0.29, 0.717) is 19.0 Å². The molecular weight excluding hydrogens is 302 g/mol. The Kier molecular flexibility index (Phi) is 4.12. The summed E-state index contributed by atoms with van der Waals surface area (Å²) < 4.78 is 24.6. The fourth-order valence-corrected chi connectivity index (χ4v) is 3.53. The predicted molar refractivity (Wildman–Crippen MR) is 81.3 cm³/mol. The number of sulfonamides is 1. The summed E-state index contributed by atoms with van der Waals surface area (Å²) in [7, 11) is -3.09. The van der Waals surface area contributed by atoms with Gasteiger partial charge in [0.2, 0.25) is 10.0 Å². The molecule has 1 aliphatic rings. The molecule has 0 radical (unpaired) electrons. The average molecular weight is 319 g/mol. The van der Waals surface area contributed by atoms with E-state index in [-0.39, 0.29) is 0 Å². The van der Waals surface area contributed by atoms with Crippen LogP contribution >= 0.6 is 0 Å². The summed E-state index contributed by atoms with van der Waals surface area (Å²) in [5.74, 6) is 0.301. The molecule has 1 aliphatic heterocycles. The van der Waals surface area contributed by atoms with Gasteiger partial charge >= 0.3 is 0 Å². The van der Waals surface area contributed by atoms with Gasteiger partial charge in [0, 0.05) is 31.0 Å². The van der Waals surface area contributed by atoms with Crippen molar-refractivity contribution in [2.24, 2.45) is 5.92 Å². The SMILES string of the molecule is CS(=O)(=O)N1CC[C@@H](Cc2ccc(-c3cncnc3)nn2)C1. The Bertz CT molecular complexity index is 734. The van der Waals surface area contributed by atoms with Crippen molar-refractivity contribution in [3.63, 3.8) is 0 Å². The molecule has 0 N–H and O–H groups in total. The molecule has 2 aromatic heterocycles. The molecule has 3 rings (SSSR count). The lowest BCUT2D eigenvalue weighted by Crippen LogP contribution is -2.27. The predicted octanol–water partition coefficient (Wildman–Crippen LogP) is 0.758. The summed E-state index contributed by atoms with van der Waals surface area (Å²) in [6, 6.07) is 3.82. The number of hydrogen-bond acceptors (Lipinski definition) is 6. The minimum absolute atomic E-state index is 0.301. The minimum atomic E-state index is -3.09. The number of rotatable bonds is 4. The third kappa shape index (κ3) is 3.45. The Balaban J connectivity index is 1.65. The Labute approximate surface area is 129 Å². The molecule has 0 saturated carbocycles. The van der Waals surface area contributed by atoms with Gasteiger partial charge in [0.25, 0.3) is 0 Å². The van der Waals surface area contributed by atoms with E-state index in [1.54, 1.807) is 12.4 Å². The van der Waals surface area contributed by atoms with E-state index in [4.69, 9.17) is 0 Å². The molecule has 1 atom stereocenters. The molecule has 3 heterocycles. The highest BCUT2D eigenvalue weighted by atomic mass is 32.2. The molecule has 116 valence electrons. The van der Waals surface area contributed by atoms with Crippen molar-refractivity contribution >= 4 is 10.0 Å². The van der Waals surface area contributed by atoms with Crippen LogP contribution in [-0.2, 0) is 16.4 Å². The lowest BCUT2D eigenvalue weighted by Gasteiger charge is -2.12. The molecule has 8 heteroatoms. The van der Waals surface area contributed by atoms with E-state index in [9.17, 15) is 8.42 Å². The van der Waals surface area contributed by atoms with Gasteiger partial charge < -0.3 is 0 Å². The largest absolute Gasteiger partial charge is 0.244 e. The third-order valence-corrected chi connectivity index (χ3v) is 5.06. The van der Waals surface area contributed by atoms with E-state index in [0.717, 1.165) is 29.8 Å². The van der Waals surface area contributed by atoms with Gasteiger partial charge in [-0.25, -0.2) is 22.7 Å². The smallest absolute Gasteiger partial charge is 0.211 e. The molecule has 0 aliphatic carbocycles. The highest BCUT2D eigenvalue weighted by Gasteiger charge is 2.28. The molecular formula is C14H17N5O2S. The van der Waals surface area contributed by atoms with E-state index >= 15 is 0 Å². The second-order valence-corrected chi connectivity index (χ2v) is 7.50. The van der Waals surface area contributed by atoms with Gasteiger partial charge in [0.15, 0.2) is 0 Å². The molecule has 0 unspecified atom stereocenters. The van der Waals surface area contributed by atoms with Gasteiger partial charge in [-0.3, -0.25) is 0 Å². The summed E-state index contributed by atoms with van der Waals surface area (Å²) in [4.78, 5) is 7.91. The normalized spacial score (nSPS) is 19.4. The lowest BCUT2D eigenvalue weighted by atomic mass is 10.0. The lowest BCUT2D eigenvalue weighted by molar-refractivity contribution is 0.458. The van der Waals surface area contributed by atoms with Crippen LogP contribution in [0.2, 0.25) is 0 Å². The van der Waals surface area contributed by atoms with Crippen LogP contribution in [-0.4, -0.2) is 52.2 Å². The van der Waals surface area contributed by atoms with E-state index < -0.39 is 10.0 Å². The molecule has 1 saturated heterocycles. The highest BCUT2D eigenvalue weighted by molar-refractivity contribution is 7.88. The summed E-state index contributed by atoms with van der Waals surface area (Å²) in [6.07, 6.45) is 7.72. The second kappa shape index (κ2) is 6.05. The van der Waals surface area contributed by atoms with Gasteiger partial charge in [0.05, 0.1) is 17.6 Å². The standard InChI is InChI=1S/C14H17N5O2S/c1-22(20,21)19-5-4-11(9-19)6-13-2-3-14(18-17-13)12-7-15-10-16-8-12/h2-3,7-8,10-11H,4-6,9H2,1H3/t11-/m0/s1. The van der Waals surface area contributed by atoms with Crippen molar-refractivity contribution in [3.8, 4) is 11.3 Å². The quantitative estimate of drug-likeness (QED) is 0.826. The zero-order chi connectivity index (χ0) is 15.6. The first-order chi connectivity index (χ1) is 10.5. The zero-order valence-corrected chi connectivity index (χ0v) is 13.1. The van der Waals surface area contributed by atoms with Gasteiger partial charge in [-0.05, 0) is 30.9 Å². The van der Waals surface area contributed by atoms with Crippen LogP contribution in [0, 0.1) is 5.92 Å². The molecule has 0 amide bonds. The first-order valence-corrected chi connectivity index (χ1v) is 8.90. The third-order valence-electron chi connectivity index (χ3n) is 3.79. The Morgan fingerprint density at radius 1 is 1.23 bits per heavy atom. The zero-order valence-electron chi connectivity index (χ0n) is 12.3. The molecule has 0 bridgehead atoms. The Morgan fingerprint density at radius 3 is 2.59 bits per heavy atom. The van der Waals surface area contributed by atoms with Crippen molar-refractivity contribution in [3.05, 3.63) is 36.5 Å². The van der Waals surface area contributed by atoms with Crippen LogP contribution in [0.5, 0.6) is 0 Å². The highest BCUT2D eigenvalue weighted by Crippen LogP contribution is 2.22. The summed E-state index contributed by atoms with van der Waals surface area (Å²) in [5, 5.41) is 8.43. The topological polar surface area (TPSA) is 88.9 Å². The van der Waals surface area contributed by atoms with Gasteiger partial charge in [-0.15, -0.1) is 0 Å². The van der Waals surface area contributed by atoms with Gasteiger partial charge in [-0.2, -0.15) is 10.2 Å². The Morgan fingerprint density at radius 2 is 2.00 bits per heavy atom. The van der Waals surface area contributed by atoms with E-state index in [2.05, 4.69) is 20.2 Å². The van der Waals surface area contributed by atoms with Gasteiger partial charge in [-0.1, -0.05) is 0 Å². The van der Waals surface area contributed by atoms with Crippen molar-refractivity contribution in [2.75, 3.05) is 19.3 Å². The second-order valence-electron chi connectivity index (χ2n) is 5.52. The minimum Gasteiger partial charge on any atom is -0.244 e. The first kappa shape index (κ1) is 15.0. The van der Waals surface area contributed by atoms with Crippen molar-refractivity contribution in [1.29, 1.82) is 0 Å². The number of aromatic nitrogens is 4. The molecule has 7 nitrogen and oxygen atoms in total. The number of hydrogen-bond donors (Lipinski definition) is 0. The summed E-state index contributed by atoms with van der Waals surface area (Å²) in [5.41, 5.74) is 2.43. The molecule has 2 aromatic rings. The molecule has 1 fully saturated rings. The van der Waals surface area contributed by atoms with E-state index in [1.165, 1.54) is 16.9 Å².